The first-order valence-electron chi connectivity index (χ1n) is 10.1. The number of hydrogen-bond acceptors (Lipinski definition) is 2. The van der Waals surface area contributed by atoms with Gasteiger partial charge in [0, 0.05) is 29.5 Å². The smallest absolute Gasteiger partial charge is 0.228 e. The predicted molar refractivity (Wildman–Crippen MR) is 115 cm³/mol. The lowest BCUT2D eigenvalue weighted by atomic mass is 9.79. The highest BCUT2D eigenvalue weighted by Crippen LogP contribution is 2.43. The van der Waals surface area contributed by atoms with Crippen LogP contribution in [0, 0.1) is 5.92 Å². The molecule has 0 bridgehead atoms. The molecular formula is C22H28BrN3O. The molecule has 1 aromatic heterocycles. The van der Waals surface area contributed by atoms with E-state index in [0.717, 1.165) is 37.0 Å². The van der Waals surface area contributed by atoms with Gasteiger partial charge < -0.3 is 10.3 Å². The van der Waals surface area contributed by atoms with Gasteiger partial charge in [-0.05, 0) is 71.4 Å². The average molecular weight is 430 g/mol. The molecule has 3 atom stereocenters. The Labute approximate surface area is 169 Å². The van der Waals surface area contributed by atoms with E-state index in [2.05, 4.69) is 76.2 Å². The van der Waals surface area contributed by atoms with Crippen molar-refractivity contribution in [3.8, 4) is 0 Å². The van der Waals surface area contributed by atoms with Gasteiger partial charge in [-0.15, -0.1) is 0 Å². The Kier molecular flexibility index (Phi) is 5.17. The van der Waals surface area contributed by atoms with Gasteiger partial charge in [0.15, 0.2) is 0 Å². The predicted octanol–water partition coefficient (Wildman–Crippen LogP) is 4.50. The van der Waals surface area contributed by atoms with Crippen LogP contribution >= 0.6 is 15.9 Å². The molecule has 1 aromatic carbocycles. The van der Waals surface area contributed by atoms with Crippen LogP contribution in [-0.2, 0) is 11.2 Å². The molecule has 2 aromatic rings. The number of fused-ring (bicyclic) bond motifs is 2. The van der Waals surface area contributed by atoms with Crippen LogP contribution in [0.5, 0.6) is 0 Å². The van der Waals surface area contributed by atoms with Crippen molar-refractivity contribution in [3.05, 3.63) is 40.0 Å². The molecule has 0 spiro atoms. The lowest BCUT2D eigenvalue weighted by molar-refractivity contribution is -0.125. The number of aromatic amines is 1. The van der Waals surface area contributed by atoms with Crippen LogP contribution in [0.2, 0.25) is 0 Å². The van der Waals surface area contributed by atoms with Crippen LogP contribution in [0.4, 0.5) is 0 Å². The molecule has 1 aliphatic heterocycles. The maximum Gasteiger partial charge on any atom is 0.228 e. The molecule has 144 valence electrons. The van der Waals surface area contributed by atoms with E-state index in [1.807, 2.05) is 0 Å². The topological polar surface area (TPSA) is 48.1 Å². The second-order valence-corrected chi connectivity index (χ2v) is 8.70. The Morgan fingerprint density at radius 3 is 2.96 bits per heavy atom. The third kappa shape index (κ3) is 3.25. The Balaban J connectivity index is 1.78. The fraction of sp³-hybridized carbons (Fsp3) is 0.500. The number of nitrogens with zero attached hydrogens (tertiary/aromatic N) is 1. The van der Waals surface area contributed by atoms with E-state index in [0.29, 0.717) is 6.04 Å². The molecule has 2 aliphatic rings. The van der Waals surface area contributed by atoms with Gasteiger partial charge in [-0.2, -0.15) is 0 Å². The summed E-state index contributed by atoms with van der Waals surface area (Å²) in [7, 11) is 0. The monoisotopic (exact) mass is 429 g/mol. The van der Waals surface area contributed by atoms with E-state index in [9.17, 15) is 4.79 Å². The van der Waals surface area contributed by atoms with Crippen molar-refractivity contribution in [1.29, 1.82) is 0 Å². The van der Waals surface area contributed by atoms with Crippen LogP contribution in [0.3, 0.4) is 0 Å². The van der Waals surface area contributed by atoms with E-state index >= 15 is 0 Å². The summed E-state index contributed by atoms with van der Waals surface area (Å²) >= 11 is 3.73. The summed E-state index contributed by atoms with van der Waals surface area (Å²) in [5.74, 6) is 0.0700. The van der Waals surface area contributed by atoms with Gasteiger partial charge in [-0.3, -0.25) is 9.69 Å². The van der Waals surface area contributed by atoms with Crippen molar-refractivity contribution < 1.29 is 4.79 Å². The fourth-order valence-electron chi connectivity index (χ4n) is 4.52. The van der Waals surface area contributed by atoms with Crippen molar-refractivity contribution in [2.75, 3.05) is 13.1 Å². The van der Waals surface area contributed by atoms with E-state index in [1.165, 1.54) is 27.6 Å². The Morgan fingerprint density at radius 2 is 2.22 bits per heavy atom. The van der Waals surface area contributed by atoms with Gasteiger partial charge in [0.25, 0.3) is 0 Å². The van der Waals surface area contributed by atoms with E-state index in [4.69, 9.17) is 0 Å². The lowest BCUT2D eigenvalue weighted by Crippen LogP contribution is -2.49. The minimum absolute atomic E-state index is 0.0870. The molecule has 1 amide bonds. The summed E-state index contributed by atoms with van der Waals surface area (Å²) in [6.07, 6.45) is 5.28. The number of rotatable bonds is 5. The number of hydrogen-bond donors (Lipinski definition) is 2. The average Bonchev–Trinajstić information content (AvgIpc) is 2.99. The highest BCUT2D eigenvalue weighted by molar-refractivity contribution is 9.10. The van der Waals surface area contributed by atoms with Gasteiger partial charge in [0.05, 0.1) is 10.5 Å². The summed E-state index contributed by atoms with van der Waals surface area (Å²) in [6.45, 7) is 8.22. The minimum Gasteiger partial charge on any atom is -0.353 e. The molecule has 27 heavy (non-hydrogen) atoms. The number of nitrogens with one attached hydrogen (secondary N) is 2. The maximum absolute atomic E-state index is 12.9. The van der Waals surface area contributed by atoms with Gasteiger partial charge in [0.2, 0.25) is 5.91 Å². The quantitative estimate of drug-likeness (QED) is 0.734. The molecule has 2 N–H and O–H groups in total. The van der Waals surface area contributed by atoms with Crippen molar-refractivity contribution in [2.24, 2.45) is 5.92 Å². The number of aromatic nitrogens is 1. The molecule has 0 radical (unpaired) electrons. The Morgan fingerprint density at radius 1 is 1.41 bits per heavy atom. The van der Waals surface area contributed by atoms with E-state index in [1.54, 1.807) is 0 Å². The summed E-state index contributed by atoms with van der Waals surface area (Å²) in [5, 5.41) is 4.49. The van der Waals surface area contributed by atoms with Crippen LogP contribution in [-0.4, -0.2) is 41.0 Å². The van der Waals surface area contributed by atoms with Crippen LogP contribution in [0.1, 0.15) is 44.7 Å². The summed E-state index contributed by atoms with van der Waals surface area (Å²) in [4.78, 5) is 18.9. The third-order valence-corrected chi connectivity index (χ3v) is 6.72. The maximum atomic E-state index is 12.9. The molecule has 5 heteroatoms. The summed E-state index contributed by atoms with van der Waals surface area (Å²) < 4.78 is 1.09. The number of carbonyl (C=O) groups excluding carboxylic acids is 1. The fourth-order valence-corrected chi connectivity index (χ4v) is 5.09. The van der Waals surface area contributed by atoms with Crippen molar-refractivity contribution >= 4 is 38.3 Å². The van der Waals surface area contributed by atoms with Gasteiger partial charge in [-0.25, -0.2) is 0 Å². The van der Waals surface area contributed by atoms with Crippen LogP contribution in [0.25, 0.3) is 16.5 Å². The van der Waals surface area contributed by atoms with Gasteiger partial charge >= 0.3 is 0 Å². The molecule has 4 nitrogen and oxygen atoms in total. The van der Waals surface area contributed by atoms with E-state index < -0.39 is 0 Å². The number of halogens is 1. The van der Waals surface area contributed by atoms with Crippen molar-refractivity contribution in [3.63, 3.8) is 0 Å². The molecule has 1 unspecified atom stereocenters. The third-order valence-electron chi connectivity index (χ3n) is 6.04. The van der Waals surface area contributed by atoms with E-state index in [-0.39, 0.29) is 17.9 Å². The molecule has 4 rings (SSSR count). The SMILES string of the molecule is CCCN1C[C@H](C(=O)N[C@H](C)CC)C=C2c3cccc4[nH]c(Br)c(c34)CC21. The second-order valence-electron chi connectivity index (χ2n) is 7.91. The molecule has 0 saturated heterocycles. The number of amides is 1. The highest BCUT2D eigenvalue weighted by Gasteiger charge is 2.37. The van der Waals surface area contributed by atoms with Crippen molar-refractivity contribution in [2.45, 2.75) is 52.1 Å². The normalized spacial score (nSPS) is 23.0. The largest absolute Gasteiger partial charge is 0.353 e. The first kappa shape index (κ1) is 18.8. The zero-order valence-corrected chi connectivity index (χ0v) is 17.9. The lowest BCUT2D eigenvalue weighted by Gasteiger charge is -2.41. The van der Waals surface area contributed by atoms with Crippen LogP contribution < -0.4 is 5.32 Å². The Hall–Kier alpha value is -1.59. The number of benzene rings is 1. The summed E-state index contributed by atoms with van der Waals surface area (Å²) in [5.41, 5.74) is 5.14. The molecule has 2 heterocycles. The zero-order chi connectivity index (χ0) is 19.1. The molecule has 0 fully saturated rings. The molecule has 1 aliphatic carbocycles. The zero-order valence-electron chi connectivity index (χ0n) is 16.3. The second kappa shape index (κ2) is 7.44. The van der Waals surface area contributed by atoms with Crippen LogP contribution in [0.15, 0.2) is 28.9 Å². The Bertz CT molecular complexity index is 900. The standard InChI is InChI=1S/C22H28BrN3O/c1-4-9-26-12-14(22(27)24-13(3)5-2)10-16-15-7-6-8-18-20(15)17(11-19(16)26)21(23)25-18/h6-8,10,13-14,19,25H,4-5,9,11-12H2,1-3H3,(H,24,27)/t13-,14-,19?/m1/s1. The number of H-pyrrole nitrogens is 1. The first-order valence-corrected chi connectivity index (χ1v) is 10.9. The highest BCUT2D eigenvalue weighted by atomic mass is 79.9. The molecule has 0 saturated carbocycles. The molecular weight excluding hydrogens is 402 g/mol. The van der Waals surface area contributed by atoms with Gasteiger partial charge in [0.1, 0.15) is 0 Å². The van der Waals surface area contributed by atoms with Gasteiger partial charge in [-0.1, -0.05) is 32.1 Å². The number of carbonyl (C=O) groups is 1. The minimum atomic E-state index is -0.0870. The van der Waals surface area contributed by atoms with Crippen molar-refractivity contribution in [1.82, 2.24) is 15.2 Å². The summed E-state index contributed by atoms with van der Waals surface area (Å²) in [6, 6.07) is 7.02. The first-order chi connectivity index (χ1) is 13.0.